The van der Waals surface area contributed by atoms with Crippen LogP contribution in [0.3, 0.4) is 0 Å². The Morgan fingerprint density at radius 3 is 2.86 bits per heavy atom. The molecule has 1 aromatic heterocycles. The number of aromatic nitrogens is 2. The Morgan fingerprint density at radius 2 is 2.36 bits per heavy atom. The Morgan fingerprint density at radius 1 is 1.64 bits per heavy atom. The van der Waals surface area contributed by atoms with E-state index in [1.165, 1.54) is 0 Å². The van der Waals surface area contributed by atoms with Gasteiger partial charge in [0.15, 0.2) is 0 Å². The van der Waals surface area contributed by atoms with E-state index in [1.807, 2.05) is 13.2 Å². The van der Waals surface area contributed by atoms with Crippen LogP contribution in [0.25, 0.3) is 0 Å². The van der Waals surface area contributed by atoms with Gasteiger partial charge in [0, 0.05) is 19.8 Å². The first-order valence-electron chi connectivity index (χ1n) is 4.04. The lowest BCUT2D eigenvalue weighted by atomic mass is 10.3. The third-order valence-corrected chi connectivity index (χ3v) is 4.38. The van der Waals surface area contributed by atoms with Crippen molar-refractivity contribution in [1.82, 2.24) is 14.5 Å². The Labute approximate surface area is 91.7 Å². The van der Waals surface area contributed by atoms with Crippen LogP contribution in [0.2, 0.25) is 0 Å². The summed E-state index contributed by atoms with van der Waals surface area (Å²) in [5.41, 5.74) is 1.02. The Balaban J connectivity index is 2.36. The lowest BCUT2D eigenvalue weighted by Gasteiger charge is -2.01. The van der Waals surface area contributed by atoms with Crippen LogP contribution in [-0.2, 0) is 23.5 Å². The topological polar surface area (TPSA) is 64.0 Å². The number of hydrogen-bond acceptors (Lipinski definition) is 3. The van der Waals surface area contributed by atoms with Gasteiger partial charge in [0.1, 0.15) is 4.66 Å². The largest absolute Gasteiger partial charge is 0.276 e. The van der Waals surface area contributed by atoms with Crippen molar-refractivity contribution in [3.8, 4) is 0 Å². The minimum Gasteiger partial charge on any atom is -0.276 e. The van der Waals surface area contributed by atoms with E-state index in [0.717, 1.165) is 5.56 Å². The van der Waals surface area contributed by atoms with Crippen LogP contribution in [0, 0.1) is 0 Å². The molecule has 1 aromatic rings. The lowest BCUT2D eigenvalue weighted by molar-refractivity contribution is 0.587. The van der Waals surface area contributed by atoms with Crippen molar-refractivity contribution in [1.29, 1.82) is 0 Å². The summed E-state index contributed by atoms with van der Waals surface area (Å²) in [5, 5.41) is 3.98. The minimum absolute atomic E-state index is 0.0625. The molecule has 0 saturated carbocycles. The van der Waals surface area contributed by atoms with Crippen LogP contribution in [0.5, 0.6) is 0 Å². The standard InChI is InChI=1S/C7H12BrN3O2S/c1-11-5-7(4-9-11)2-3-10-14(12,13)6-8/h4-5,10H,2-3,6H2,1H3. The highest BCUT2D eigenvalue weighted by molar-refractivity contribution is 9.10. The molecule has 1 rings (SSSR count). The summed E-state index contributed by atoms with van der Waals surface area (Å²) >= 11 is 2.89. The molecule has 0 aromatic carbocycles. The average molecular weight is 282 g/mol. The maximum atomic E-state index is 11.0. The maximum absolute atomic E-state index is 11.0. The highest BCUT2D eigenvalue weighted by Crippen LogP contribution is 1.97. The van der Waals surface area contributed by atoms with Gasteiger partial charge in [-0.15, -0.1) is 0 Å². The molecule has 80 valence electrons. The van der Waals surface area contributed by atoms with Crippen LogP contribution in [0.4, 0.5) is 0 Å². The predicted molar refractivity (Wildman–Crippen MR) is 57.6 cm³/mol. The van der Waals surface area contributed by atoms with Crippen molar-refractivity contribution in [2.75, 3.05) is 11.2 Å². The van der Waals surface area contributed by atoms with Gasteiger partial charge in [0.2, 0.25) is 10.0 Å². The molecular weight excluding hydrogens is 270 g/mol. The Bertz CT molecular complexity index is 387. The van der Waals surface area contributed by atoms with Gasteiger partial charge < -0.3 is 0 Å². The second kappa shape index (κ2) is 4.90. The molecule has 5 nitrogen and oxygen atoms in total. The third-order valence-electron chi connectivity index (χ3n) is 1.64. The lowest BCUT2D eigenvalue weighted by Crippen LogP contribution is -2.26. The fraction of sp³-hybridized carbons (Fsp3) is 0.571. The van der Waals surface area contributed by atoms with E-state index in [-0.39, 0.29) is 4.66 Å². The summed E-state index contributed by atoms with van der Waals surface area (Å²) < 4.78 is 26.1. The fourth-order valence-electron chi connectivity index (χ4n) is 0.990. The highest BCUT2D eigenvalue weighted by Gasteiger charge is 2.06. The molecule has 0 radical (unpaired) electrons. The zero-order valence-electron chi connectivity index (χ0n) is 7.77. The summed E-state index contributed by atoms with van der Waals surface area (Å²) in [4.78, 5) is 0. The number of sulfonamides is 1. The number of rotatable bonds is 5. The summed E-state index contributed by atoms with van der Waals surface area (Å²) in [5.74, 6) is 0. The van der Waals surface area contributed by atoms with Crippen LogP contribution in [0.15, 0.2) is 12.4 Å². The maximum Gasteiger partial charge on any atom is 0.221 e. The van der Waals surface area contributed by atoms with Crippen LogP contribution in [0.1, 0.15) is 5.56 Å². The van der Waals surface area contributed by atoms with E-state index in [9.17, 15) is 8.42 Å². The first-order chi connectivity index (χ1) is 6.53. The van der Waals surface area contributed by atoms with Gasteiger partial charge >= 0.3 is 0 Å². The van der Waals surface area contributed by atoms with E-state index in [2.05, 4.69) is 25.8 Å². The molecule has 0 saturated heterocycles. The molecule has 0 aliphatic carbocycles. The molecule has 14 heavy (non-hydrogen) atoms. The number of halogens is 1. The SMILES string of the molecule is Cn1cc(CCNS(=O)(=O)CBr)cn1. The Hall–Kier alpha value is -0.400. The smallest absolute Gasteiger partial charge is 0.221 e. The van der Waals surface area contributed by atoms with Crippen LogP contribution < -0.4 is 4.72 Å². The molecule has 1 N–H and O–H groups in total. The van der Waals surface area contributed by atoms with Crippen molar-refractivity contribution in [3.05, 3.63) is 18.0 Å². The van der Waals surface area contributed by atoms with E-state index >= 15 is 0 Å². The summed E-state index contributed by atoms with van der Waals surface area (Å²) in [6.45, 7) is 0.402. The second-order valence-electron chi connectivity index (χ2n) is 2.89. The van der Waals surface area contributed by atoms with Gasteiger partial charge in [-0.05, 0) is 12.0 Å². The molecule has 0 fully saturated rings. The first kappa shape index (κ1) is 11.7. The van der Waals surface area contributed by atoms with E-state index in [4.69, 9.17) is 0 Å². The van der Waals surface area contributed by atoms with Gasteiger partial charge in [-0.25, -0.2) is 13.1 Å². The molecule has 0 unspecified atom stereocenters. The summed E-state index contributed by atoms with van der Waals surface area (Å²) in [6.07, 6.45) is 4.24. The third kappa shape index (κ3) is 3.77. The molecule has 0 bridgehead atoms. The van der Waals surface area contributed by atoms with Gasteiger partial charge in [-0.1, -0.05) is 15.9 Å². The zero-order chi connectivity index (χ0) is 10.6. The average Bonchev–Trinajstić information content (AvgIpc) is 2.51. The van der Waals surface area contributed by atoms with Crippen molar-refractivity contribution < 1.29 is 8.42 Å². The second-order valence-corrected chi connectivity index (χ2v) is 6.00. The van der Waals surface area contributed by atoms with E-state index in [1.54, 1.807) is 10.9 Å². The number of hydrogen-bond donors (Lipinski definition) is 1. The zero-order valence-corrected chi connectivity index (χ0v) is 10.2. The van der Waals surface area contributed by atoms with Crippen molar-refractivity contribution in [2.24, 2.45) is 7.05 Å². The van der Waals surface area contributed by atoms with Gasteiger partial charge in [-0.3, -0.25) is 4.68 Å². The summed E-state index contributed by atoms with van der Waals surface area (Å²) in [6, 6.07) is 0. The number of nitrogens with zero attached hydrogens (tertiary/aromatic N) is 2. The molecule has 0 aliphatic heterocycles. The van der Waals surface area contributed by atoms with Crippen molar-refractivity contribution in [3.63, 3.8) is 0 Å². The van der Waals surface area contributed by atoms with Crippen LogP contribution >= 0.6 is 15.9 Å². The van der Waals surface area contributed by atoms with Gasteiger partial charge in [-0.2, -0.15) is 5.10 Å². The van der Waals surface area contributed by atoms with Gasteiger partial charge in [0.25, 0.3) is 0 Å². The fourth-order valence-corrected chi connectivity index (χ4v) is 1.97. The Kier molecular flexibility index (Phi) is 4.09. The molecule has 0 aliphatic rings. The van der Waals surface area contributed by atoms with Crippen molar-refractivity contribution in [2.45, 2.75) is 6.42 Å². The monoisotopic (exact) mass is 281 g/mol. The molecular formula is C7H12BrN3O2S. The van der Waals surface area contributed by atoms with Gasteiger partial charge in [0.05, 0.1) is 6.20 Å². The van der Waals surface area contributed by atoms with E-state index in [0.29, 0.717) is 13.0 Å². The quantitative estimate of drug-likeness (QED) is 0.787. The normalized spacial score (nSPS) is 11.9. The molecule has 1 heterocycles. The molecule has 0 atom stereocenters. The molecule has 0 spiro atoms. The van der Waals surface area contributed by atoms with E-state index < -0.39 is 10.0 Å². The minimum atomic E-state index is -3.14. The van der Waals surface area contributed by atoms with Crippen LogP contribution in [-0.4, -0.2) is 29.4 Å². The highest BCUT2D eigenvalue weighted by atomic mass is 79.9. The molecule has 7 heteroatoms. The summed E-state index contributed by atoms with van der Waals surface area (Å²) in [7, 11) is -1.32. The predicted octanol–water partition coefficient (Wildman–Crippen LogP) is 0.234. The first-order valence-corrected chi connectivity index (χ1v) is 6.82. The number of nitrogens with one attached hydrogen (secondary N) is 1. The molecule has 0 amide bonds. The number of alkyl halides is 1. The van der Waals surface area contributed by atoms with Crippen molar-refractivity contribution >= 4 is 26.0 Å². The number of aryl methyl sites for hydroxylation is 1.